The highest BCUT2D eigenvalue weighted by Gasteiger charge is 2.61. The van der Waals surface area contributed by atoms with Crippen molar-refractivity contribution in [1.29, 1.82) is 0 Å². The van der Waals surface area contributed by atoms with Crippen molar-refractivity contribution >= 4 is 17.1 Å². The van der Waals surface area contributed by atoms with Crippen LogP contribution in [0.4, 0.5) is 17.1 Å². The van der Waals surface area contributed by atoms with Gasteiger partial charge in [0.05, 0.1) is 0 Å². The molecule has 12 rings (SSSR count). The highest BCUT2D eigenvalue weighted by atomic mass is 15.1. The van der Waals surface area contributed by atoms with E-state index in [0.29, 0.717) is 0 Å². The van der Waals surface area contributed by atoms with E-state index < -0.39 is 0 Å². The average molecular weight is 682 g/mol. The van der Waals surface area contributed by atoms with Crippen LogP contribution in [-0.4, -0.2) is 0 Å². The molecule has 0 atom stereocenters. The van der Waals surface area contributed by atoms with Gasteiger partial charge in [0.15, 0.2) is 0 Å². The third-order valence-electron chi connectivity index (χ3n) is 13.5. The van der Waals surface area contributed by atoms with Crippen LogP contribution in [0.5, 0.6) is 0 Å². The molecule has 1 spiro atoms. The molecule has 1 nitrogen and oxygen atoms in total. The lowest BCUT2D eigenvalue weighted by Crippen LogP contribution is -2.55. The molecule has 7 aromatic carbocycles. The SMILES string of the molecule is c1ccc(-c2ccc(N(c3ccc(-c4ccc5c(c4)-c4ccccc4C54C5CC6CC(C5)CC4C6)cc3)c3cccc(-c4ccccc4)c3)cc2)cc1. The minimum Gasteiger partial charge on any atom is -0.310 e. The van der Waals surface area contributed by atoms with Gasteiger partial charge in [-0.05, 0) is 154 Å². The van der Waals surface area contributed by atoms with E-state index in [9.17, 15) is 0 Å². The van der Waals surface area contributed by atoms with Crippen molar-refractivity contribution in [2.24, 2.45) is 23.7 Å². The zero-order chi connectivity index (χ0) is 34.9. The third-order valence-corrected chi connectivity index (χ3v) is 13.5. The smallest absolute Gasteiger partial charge is 0.0467 e. The molecule has 0 unspecified atom stereocenters. The molecule has 0 aromatic heterocycles. The first-order valence-corrected chi connectivity index (χ1v) is 19.7. The predicted octanol–water partition coefficient (Wildman–Crippen LogP) is 13.9. The molecular weight excluding hydrogens is 639 g/mol. The van der Waals surface area contributed by atoms with Crippen LogP contribution < -0.4 is 4.90 Å². The molecule has 0 N–H and O–H groups in total. The first-order valence-electron chi connectivity index (χ1n) is 19.7. The monoisotopic (exact) mass is 681 g/mol. The fraction of sp³-hybridized carbons (Fsp3) is 0.192. The summed E-state index contributed by atoms with van der Waals surface area (Å²) >= 11 is 0. The maximum absolute atomic E-state index is 2.54. The summed E-state index contributed by atoms with van der Waals surface area (Å²) in [5.74, 6) is 3.50. The predicted molar refractivity (Wildman–Crippen MR) is 221 cm³/mol. The summed E-state index contributed by atoms with van der Waals surface area (Å²) in [6.07, 6.45) is 7.17. The molecule has 53 heavy (non-hydrogen) atoms. The molecule has 256 valence electrons. The van der Waals surface area contributed by atoms with Crippen LogP contribution in [-0.2, 0) is 5.41 Å². The Morgan fingerprint density at radius 1 is 0.340 bits per heavy atom. The molecule has 4 fully saturated rings. The number of nitrogens with zero attached hydrogens (tertiary/aromatic N) is 1. The van der Waals surface area contributed by atoms with Crippen molar-refractivity contribution in [3.8, 4) is 44.5 Å². The zero-order valence-electron chi connectivity index (χ0n) is 30.0. The normalized spacial score (nSPS) is 23.2. The number of rotatable bonds is 6. The van der Waals surface area contributed by atoms with Crippen molar-refractivity contribution in [3.63, 3.8) is 0 Å². The molecule has 1 heteroatoms. The summed E-state index contributed by atoms with van der Waals surface area (Å²) < 4.78 is 0. The summed E-state index contributed by atoms with van der Waals surface area (Å²) in [4.78, 5) is 2.39. The maximum Gasteiger partial charge on any atom is 0.0467 e. The fourth-order valence-electron chi connectivity index (χ4n) is 11.5. The molecule has 0 saturated heterocycles. The second kappa shape index (κ2) is 12.2. The van der Waals surface area contributed by atoms with E-state index in [1.807, 2.05) is 0 Å². The van der Waals surface area contributed by atoms with E-state index in [2.05, 4.69) is 181 Å². The first kappa shape index (κ1) is 30.9. The minimum atomic E-state index is 0.215. The average Bonchev–Trinajstić information content (AvgIpc) is 3.51. The van der Waals surface area contributed by atoms with Crippen LogP contribution in [0.15, 0.2) is 176 Å². The van der Waals surface area contributed by atoms with Gasteiger partial charge in [-0.1, -0.05) is 133 Å². The quantitative estimate of drug-likeness (QED) is 0.169. The number of hydrogen-bond acceptors (Lipinski definition) is 1. The van der Waals surface area contributed by atoms with Gasteiger partial charge in [-0.15, -0.1) is 0 Å². The summed E-state index contributed by atoms with van der Waals surface area (Å²) in [6, 6.07) is 65.4. The molecule has 5 aliphatic carbocycles. The van der Waals surface area contributed by atoms with Gasteiger partial charge < -0.3 is 4.90 Å². The van der Waals surface area contributed by atoms with Crippen LogP contribution in [0.25, 0.3) is 44.5 Å². The molecule has 0 radical (unpaired) electrons. The number of fused-ring (bicyclic) bond motifs is 3. The van der Waals surface area contributed by atoms with Gasteiger partial charge in [-0.2, -0.15) is 0 Å². The third kappa shape index (κ3) is 4.90. The van der Waals surface area contributed by atoms with Gasteiger partial charge in [0.1, 0.15) is 0 Å². The van der Waals surface area contributed by atoms with E-state index in [1.54, 1.807) is 11.1 Å². The lowest BCUT2D eigenvalue weighted by Gasteiger charge is -2.61. The summed E-state index contributed by atoms with van der Waals surface area (Å²) in [5, 5.41) is 0. The molecule has 4 bridgehead atoms. The van der Waals surface area contributed by atoms with E-state index in [1.165, 1.54) is 76.6 Å². The van der Waals surface area contributed by atoms with Crippen molar-refractivity contribution in [3.05, 3.63) is 187 Å². The van der Waals surface area contributed by atoms with Crippen LogP contribution in [0, 0.1) is 23.7 Å². The summed E-state index contributed by atoms with van der Waals surface area (Å²) in [6.45, 7) is 0. The van der Waals surface area contributed by atoms with Gasteiger partial charge in [-0.3, -0.25) is 0 Å². The van der Waals surface area contributed by atoms with Crippen LogP contribution in [0.3, 0.4) is 0 Å². The second-order valence-electron chi connectivity index (χ2n) is 16.2. The number of anilines is 3. The van der Waals surface area contributed by atoms with E-state index in [-0.39, 0.29) is 5.41 Å². The van der Waals surface area contributed by atoms with Crippen LogP contribution in [0.2, 0.25) is 0 Å². The summed E-state index contributed by atoms with van der Waals surface area (Å²) in [5.41, 5.74) is 17.3. The molecule has 0 heterocycles. The van der Waals surface area contributed by atoms with Gasteiger partial charge in [0, 0.05) is 22.5 Å². The highest BCUT2D eigenvalue weighted by Crippen LogP contribution is 2.69. The Morgan fingerprint density at radius 2 is 0.811 bits per heavy atom. The van der Waals surface area contributed by atoms with Gasteiger partial charge in [-0.25, -0.2) is 0 Å². The Hall–Kier alpha value is -5.66. The molecular formula is C52H43N. The second-order valence-corrected chi connectivity index (χ2v) is 16.2. The standard InChI is InChI=1S/C52H43N/c1-3-10-37(11-4-1)39-18-23-45(24-19-39)53(47-15-9-14-41(33-47)38-12-5-2-6-13-38)46-25-20-40(21-26-46)42-22-27-51-49(34-42)48-16-7-8-17-50(48)52(51)43-29-35-28-36(31-43)32-44(52)30-35/h1-27,33-36,43-44H,28-32H2. The number of benzene rings is 7. The van der Waals surface area contributed by atoms with Gasteiger partial charge in [0.2, 0.25) is 0 Å². The summed E-state index contributed by atoms with van der Waals surface area (Å²) in [7, 11) is 0. The Labute approximate surface area is 313 Å². The van der Waals surface area contributed by atoms with Crippen LogP contribution in [0.1, 0.15) is 43.2 Å². The topological polar surface area (TPSA) is 3.24 Å². The lowest BCUT2D eigenvalue weighted by atomic mass is 9.43. The van der Waals surface area contributed by atoms with Crippen molar-refractivity contribution in [1.82, 2.24) is 0 Å². The number of hydrogen-bond donors (Lipinski definition) is 0. The van der Waals surface area contributed by atoms with Crippen molar-refractivity contribution in [2.45, 2.75) is 37.5 Å². The minimum absolute atomic E-state index is 0.215. The molecule has 5 aliphatic rings. The van der Waals surface area contributed by atoms with E-state index in [4.69, 9.17) is 0 Å². The maximum atomic E-state index is 2.54. The molecule has 4 saturated carbocycles. The fourth-order valence-corrected chi connectivity index (χ4v) is 11.5. The van der Waals surface area contributed by atoms with Crippen molar-refractivity contribution in [2.75, 3.05) is 4.90 Å². The molecule has 7 aromatic rings. The van der Waals surface area contributed by atoms with Gasteiger partial charge >= 0.3 is 0 Å². The Balaban J connectivity index is 0.977. The zero-order valence-corrected chi connectivity index (χ0v) is 30.0. The highest BCUT2D eigenvalue weighted by molar-refractivity contribution is 5.87. The first-order chi connectivity index (χ1) is 26.2. The largest absolute Gasteiger partial charge is 0.310 e. The Kier molecular flexibility index (Phi) is 7.12. The van der Waals surface area contributed by atoms with E-state index >= 15 is 0 Å². The molecule has 0 amide bonds. The Bertz CT molecular complexity index is 2410. The van der Waals surface area contributed by atoms with Crippen LogP contribution >= 0.6 is 0 Å². The van der Waals surface area contributed by atoms with E-state index in [0.717, 1.165) is 40.7 Å². The molecule has 0 aliphatic heterocycles. The Morgan fingerprint density at radius 3 is 1.45 bits per heavy atom. The lowest BCUT2D eigenvalue weighted by molar-refractivity contribution is -0.0399. The van der Waals surface area contributed by atoms with Gasteiger partial charge in [0.25, 0.3) is 0 Å². The van der Waals surface area contributed by atoms with Crippen molar-refractivity contribution < 1.29 is 0 Å².